The van der Waals surface area contributed by atoms with E-state index in [0.717, 1.165) is 34.9 Å². The molecule has 8 heteroatoms. The fourth-order valence-electron chi connectivity index (χ4n) is 3.23. The Hall–Kier alpha value is -3.29. The van der Waals surface area contributed by atoms with Crippen LogP contribution in [0.15, 0.2) is 30.3 Å². The Bertz CT molecular complexity index is 1150. The third-order valence-corrected chi connectivity index (χ3v) is 5.00. The second-order valence-electron chi connectivity index (χ2n) is 7.04. The van der Waals surface area contributed by atoms with Gasteiger partial charge >= 0.3 is 5.97 Å². The van der Waals surface area contributed by atoms with Crippen LogP contribution in [-0.4, -0.2) is 27.7 Å². The Kier molecular flexibility index (Phi) is 5.87. The van der Waals surface area contributed by atoms with E-state index in [1.54, 1.807) is 13.8 Å². The molecule has 2 aromatic carbocycles. The molecule has 0 saturated carbocycles. The number of hydrogen-bond donors (Lipinski definition) is 1. The molecule has 0 radical (unpaired) electrons. The van der Waals surface area contributed by atoms with Crippen molar-refractivity contribution in [2.75, 3.05) is 0 Å². The summed E-state index contributed by atoms with van der Waals surface area (Å²) in [6.07, 6.45) is 0.101. The van der Waals surface area contributed by atoms with Crippen molar-refractivity contribution >= 4 is 22.8 Å². The average molecular weight is 419 g/mol. The maximum absolute atomic E-state index is 14.1. The molecule has 1 heterocycles. The number of hydrogen-bond acceptors (Lipinski definition) is 4. The van der Waals surface area contributed by atoms with Crippen LogP contribution < -0.4 is 0 Å². The highest BCUT2D eigenvalue weighted by Gasteiger charge is 2.24. The summed E-state index contributed by atoms with van der Waals surface area (Å²) in [5.74, 6) is -5.19. The third-order valence-electron chi connectivity index (χ3n) is 5.00. The first kappa shape index (κ1) is 21.4. The van der Waals surface area contributed by atoms with Crippen molar-refractivity contribution in [2.45, 2.75) is 39.7 Å². The molecule has 30 heavy (non-hydrogen) atoms. The molecule has 0 amide bonds. The highest BCUT2D eigenvalue weighted by atomic mass is 19.2. The number of fused-ring (bicyclic) bond motifs is 1. The number of halogens is 3. The van der Waals surface area contributed by atoms with E-state index in [1.807, 2.05) is 6.92 Å². The van der Waals surface area contributed by atoms with Crippen molar-refractivity contribution in [1.82, 2.24) is 4.57 Å². The molecule has 0 aliphatic heterocycles. The lowest BCUT2D eigenvalue weighted by Crippen LogP contribution is -2.17. The van der Waals surface area contributed by atoms with Gasteiger partial charge in [-0.05, 0) is 50.1 Å². The molecule has 0 saturated heterocycles. The van der Waals surface area contributed by atoms with E-state index in [4.69, 9.17) is 4.74 Å². The molecule has 0 spiro atoms. The Morgan fingerprint density at radius 3 is 2.43 bits per heavy atom. The number of ether oxygens (including phenoxy) is 1. The predicted molar refractivity (Wildman–Crippen MR) is 104 cm³/mol. The molecule has 0 unspecified atom stereocenters. The zero-order valence-electron chi connectivity index (χ0n) is 16.6. The SMILES string of the molecule is CC[C@@H](C)OC(=O)Cc1c(C)n(C(=O)c2ccc(F)c(F)c2)c2cc(F)c(O)cc12. The van der Waals surface area contributed by atoms with E-state index in [-0.39, 0.29) is 29.0 Å². The largest absolute Gasteiger partial charge is 0.505 e. The number of benzene rings is 2. The maximum Gasteiger partial charge on any atom is 0.310 e. The minimum absolute atomic E-state index is 0.0869. The smallest absolute Gasteiger partial charge is 0.310 e. The van der Waals surface area contributed by atoms with Gasteiger partial charge in [-0.25, -0.2) is 13.2 Å². The minimum Gasteiger partial charge on any atom is -0.505 e. The predicted octanol–water partition coefficient (Wildman–Crippen LogP) is 4.65. The summed E-state index contributed by atoms with van der Waals surface area (Å²) < 4.78 is 47.3. The first-order valence-electron chi connectivity index (χ1n) is 9.35. The molecule has 1 atom stereocenters. The van der Waals surface area contributed by atoms with Gasteiger partial charge in [0.05, 0.1) is 18.0 Å². The van der Waals surface area contributed by atoms with Crippen LogP contribution in [0, 0.1) is 24.4 Å². The first-order valence-corrected chi connectivity index (χ1v) is 9.35. The second-order valence-corrected chi connectivity index (χ2v) is 7.04. The summed E-state index contributed by atoms with van der Waals surface area (Å²) in [4.78, 5) is 25.4. The normalized spacial score (nSPS) is 12.2. The lowest BCUT2D eigenvalue weighted by atomic mass is 10.1. The van der Waals surface area contributed by atoms with E-state index in [1.165, 1.54) is 0 Å². The van der Waals surface area contributed by atoms with Gasteiger partial charge in [0.1, 0.15) is 0 Å². The molecule has 158 valence electrons. The summed E-state index contributed by atoms with van der Waals surface area (Å²) in [5, 5.41) is 10.1. The van der Waals surface area contributed by atoms with Gasteiger partial charge in [-0.3, -0.25) is 14.2 Å². The molecule has 3 rings (SSSR count). The number of rotatable bonds is 5. The summed E-state index contributed by atoms with van der Waals surface area (Å²) in [5.41, 5.74) is 0.593. The van der Waals surface area contributed by atoms with Crippen LogP contribution in [0.5, 0.6) is 5.75 Å². The van der Waals surface area contributed by atoms with Gasteiger partial charge in [0.25, 0.3) is 5.91 Å². The molecule has 3 aromatic rings. The van der Waals surface area contributed by atoms with Gasteiger partial charge in [0, 0.05) is 22.7 Å². The van der Waals surface area contributed by atoms with Crippen LogP contribution in [0.3, 0.4) is 0 Å². The number of phenolic OH excluding ortho intramolecular Hbond substituents is 1. The molecule has 1 N–H and O–H groups in total. The summed E-state index contributed by atoms with van der Waals surface area (Å²) >= 11 is 0. The van der Waals surface area contributed by atoms with Crippen LogP contribution in [0.4, 0.5) is 13.2 Å². The number of aromatic hydroxyl groups is 1. The number of carbonyl (C=O) groups excluding carboxylic acids is 2. The topological polar surface area (TPSA) is 68.5 Å². The molecule has 5 nitrogen and oxygen atoms in total. The monoisotopic (exact) mass is 419 g/mol. The van der Waals surface area contributed by atoms with Gasteiger partial charge in [0.2, 0.25) is 0 Å². The minimum atomic E-state index is -1.20. The lowest BCUT2D eigenvalue weighted by Gasteiger charge is -2.11. The van der Waals surface area contributed by atoms with E-state index in [9.17, 15) is 27.9 Å². The van der Waals surface area contributed by atoms with Crippen molar-refractivity contribution in [3.8, 4) is 5.75 Å². The van der Waals surface area contributed by atoms with E-state index in [2.05, 4.69) is 0 Å². The van der Waals surface area contributed by atoms with Crippen molar-refractivity contribution in [2.24, 2.45) is 0 Å². The third kappa shape index (κ3) is 3.90. The average Bonchev–Trinajstić information content (AvgIpc) is 2.94. The Morgan fingerprint density at radius 2 is 1.80 bits per heavy atom. The van der Waals surface area contributed by atoms with Crippen molar-refractivity contribution in [3.05, 3.63) is 64.6 Å². The van der Waals surface area contributed by atoms with Gasteiger partial charge in [-0.1, -0.05) is 6.92 Å². The summed E-state index contributed by atoms with van der Waals surface area (Å²) in [7, 11) is 0. The Morgan fingerprint density at radius 1 is 1.10 bits per heavy atom. The summed E-state index contributed by atoms with van der Waals surface area (Å²) in [6, 6.07) is 4.76. The van der Waals surface area contributed by atoms with Crippen molar-refractivity contribution < 1.29 is 32.6 Å². The van der Waals surface area contributed by atoms with Gasteiger partial charge < -0.3 is 9.84 Å². The standard InChI is InChI=1S/C22H20F3NO4/c1-4-11(2)30-21(28)9-14-12(3)26(19-10-18(25)20(27)8-15(14)19)22(29)13-5-6-16(23)17(24)7-13/h5-8,10-11,27H,4,9H2,1-3H3/t11-/m1/s1. The van der Waals surface area contributed by atoms with Crippen LogP contribution in [-0.2, 0) is 16.0 Å². The van der Waals surface area contributed by atoms with Crippen molar-refractivity contribution in [1.29, 1.82) is 0 Å². The van der Waals surface area contributed by atoms with E-state index in [0.29, 0.717) is 17.7 Å². The fourth-order valence-corrected chi connectivity index (χ4v) is 3.23. The molecule has 0 bridgehead atoms. The zero-order valence-corrected chi connectivity index (χ0v) is 16.6. The molecular formula is C22H20F3NO4. The number of nitrogens with zero attached hydrogens (tertiary/aromatic N) is 1. The maximum atomic E-state index is 14.1. The summed E-state index contributed by atoms with van der Waals surface area (Å²) in [6.45, 7) is 5.14. The van der Waals surface area contributed by atoms with Gasteiger partial charge in [0.15, 0.2) is 23.2 Å². The molecule has 0 fully saturated rings. The first-order chi connectivity index (χ1) is 14.1. The van der Waals surface area contributed by atoms with Crippen LogP contribution >= 0.6 is 0 Å². The van der Waals surface area contributed by atoms with Crippen LogP contribution in [0.1, 0.15) is 41.9 Å². The number of aromatic nitrogens is 1. The van der Waals surface area contributed by atoms with Gasteiger partial charge in [-0.15, -0.1) is 0 Å². The van der Waals surface area contributed by atoms with Crippen LogP contribution in [0.2, 0.25) is 0 Å². The Balaban J connectivity index is 2.15. The molecule has 0 aliphatic carbocycles. The number of esters is 1. The molecule has 1 aromatic heterocycles. The lowest BCUT2D eigenvalue weighted by molar-refractivity contribution is -0.147. The number of carbonyl (C=O) groups is 2. The molecule has 0 aliphatic rings. The second kappa shape index (κ2) is 8.22. The van der Waals surface area contributed by atoms with Gasteiger partial charge in [-0.2, -0.15) is 0 Å². The fraction of sp³-hybridized carbons (Fsp3) is 0.273. The highest BCUT2D eigenvalue weighted by molar-refractivity contribution is 6.05. The number of phenols is 1. The van der Waals surface area contributed by atoms with E-state index >= 15 is 0 Å². The van der Waals surface area contributed by atoms with Crippen LogP contribution in [0.25, 0.3) is 10.9 Å². The van der Waals surface area contributed by atoms with E-state index < -0.39 is 35.1 Å². The zero-order chi connectivity index (χ0) is 22.2. The Labute approximate surface area is 170 Å². The highest BCUT2D eigenvalue weighted by Crippen LogP contribution is 2.32. The van der Waals surface area contributed by atoms with Crippen molar-refractivity contribution in [3.63, 3.8) is 0 Å². The quantitative estimate of drug-likeness (QED) is 0.612. The molecular weight excluding hydrogens is 399 g/mol.